The number of rotatable bonds is 3. The van der Waals surface area contributed by atoms with Gasteiger partial charge in [-0.25, -0.2) is 0 Å². The van der Waals surface area contributed by atoms with Crippen LogP contribution in [0.1, 0.15) is 0 Å². The third kappa shape index (κ3) is 4.54. The number of fused-ring (bicyclic) bond motifs is 8. The summed E-state index contributed by atoms with van der Waals surface area (Å²) in [6, 6.07) is 74.1. The van der Waals surface area contributed by atoms with E-state index in [2.05, 4.69) is 206 Å². The maximum Gasteiger partial charge on any atom is 0.143 e. The smallest absolute Gasteiger partial charge is 0.143 e. The highest BCUT2D eigenvalue weighted by molar-refractivity contribution is 6.39. The molecule has 0 aliphatic carbocycles. The van der Waals surface area contributed by atoms with Crippen LogP contribution in [0.4, 0.5) is 0 Å². The second-order valence-electron chi connectivity index (χ2n) is 19.7. The van der Waals surface area contributed by atoms with Gasteiger partial charge in [-0.3, -0.25) is 0 Å². The minimum atomic E-state index is 0.827. The van der Waals surface area contributed by atoms with Crippen LogP contribution >= 0.6 is 0 Å². The average Bonchev–Trinajstić information content (AvgIpc) is 3.44. The molecule has 0 atom stereocenters. The Morgan fingerprint density at radius 2 is 0.542 bits per heavy atom. The molecule has 18 rings (SSSR count). The summed E-state index contributed by atoms with van der Waals surface area (Å²) in [5.41, 5.74) is 17.8. The van der Waals surface area contributed by atoms with Crippen molar-refractivity contribution in [1.82, 2.24) is 0 Å². The molecule has 4 aliphatic rings. The lowest BCUT2D eigenvalue weighted by atomic mass is 9.80. The topological polar surface area (TPSA) is 52.6 Å². The molecular formula is C68H34O4. The fourth-order valence-electron chi connectivity index (χ4n) is 13.2. The van der Waals surface area contributed by atoms with Crippen LogP contribution in [0.5, 0.6) is 0 Å². The molecule has 0 radical (unpaired) electrons. The van der Waals surface area contributed by atoms with E-state index in [0.717, 1.165) is 186 Å². The third-order valence-electron chi connectivity index (χ3n) is 16.1. The van der Waals surface area contributed by atoms with E-state index in [0.29, 0.717) is 0 Å². The Balaban J connectivity index is 1.03. The second kappa shape index (κ2) is 13.2. The van der Waals surface area contributed by atoms with Crippen molar-refractivity contribution >= 4 is 131 Å². The summed E-state index contributed by atoms with van der Waals surface area (Å²) in [6.45, 7) is 0. The van der Waals surface area contributed by atoms with Gasteiger partial charge in [0, 0.05) is 65.3 Å². The van der Waals surface area contributed by atoms with Crippen LogP contribution in [0.25, 0.3) is 186 Å². The van der Waals surface area contributed by atoms with Crippen molar-refractivity contribution in [2.45, 2.75) is 0 Å². The zero-order chi connectivity index (χ0) is 46.5. The maximum absolute atomic E-state index is 7.44. The Morgan fingerprint density at radius 1 is 0.208 bits per heavy atom. The Labute approximate surface area is 408 Å². The number of benzene rings is 14. The molecule has 14 aromatic rings. The number of hydrogen-bond acceptors (Lipinski definition) is 4. The summed E-state index contributed by atoms with van der Waals surface area (Å²) in [5.74, 6) is 0. The highest BCUT2D eigenvalue weighted by Gasteiger charge is 2.33. The summed E-state index contributed by atoms with van der Waals surface area (Å²) >= 11 is 0. The highest BCUT2D eigenvalue weighted by Crippen LogP contribution is 2.58. The van der Waals surface area contributed by atoms with Gasteiger partial charge < -0.3 is 17.7 Å². The van der Waals surface area contributed by atoms with E-state index in [1.807, 2.05) is 0 Å². The molecule has 4 heterocycles. The summed E-state index contributed by atoms with van der Waals surface area (Å²) in [7, 11) is 0. The van der Waals surface area contributed by atoms with Gasteiger partial charge in [0.1, 0.15) is 44.7 Å². The standard InChI is InChI=1S/C68H34O4/c1-3-15-35(16-4-1)47-33-53-63-59-49(47)31-37-19-7-9-21-39(37)65(59)69-51-29-27-45-55(41-23-11-13-25-43(41)67(71-53)57(45)61(51)63)56-42-24-12-14-26-44(42)68-58-46(56)28-30-52-62(58)64-54(72-68)34-48(36-17-5-2-6-18-36)50-32-38-20-8-10-22-40(38)66(70-52)60(50)64/h1-34H. The predicted octanol–water partition coefficient (Wildman–Crippen LogP) is 20.0. The molecule has 0 aromatic heterocycles. The second-order valence-corrected chi connectivity index (χ2v) is 19.7. The highest BCUT2D eigenvalue weighted by atomic mass is 16.3. The van der Waals surface area contributed by atoms with E-state index in [-0.39, 0.29) is 0 Å². The van der Waals surface area contributed by atoms with Crippen molar-refractivity contribution < 1.29 is 17.7 Å². The fraction of sp³-hybridized carbons (Fsp3) is 0. The van der Waals surface area contributed by atoms with Crippen molar-refractivity contribution in [2.24, 2.45) is 0 Å². The minimum Gasteiger partial charge on any atom is -0.455 e. The van der Waals surface area contributed by atoms with E-state index in [1.165, 1.54) is 0 Å². The minimum absolute atomic E-state index is 0.827. The first-order valence-corrected chi connectivity index (χ1v) is 24.6. The summed E-state index contributed by atoms with van der Waals surface area (Å²) in [5, 5.41) is 17.4. The zero-order valence-corrected chi connectivity index (χ0v) is 38.3. The van der Waals surface area contributed by atoms with Gasteiger partial charge in [0.15, 0.2) is 0 Å². The molecule has 0 fully saturated rings. The van der Waals surface area contributed by atoms with Crippen LogP contribution in [0.2, 0.25) is 0 Å². The van der Waals surface area contributed by atoms with E-state index in [1.54, 1.807) is 0 Å². The molecule has 330 valence electrons. The average molecular weight is 915 g/mol. The van der Waals surface area contributed by atoms with Crippen LogP contribution in [-0.4, -0.2) is 0 Å². The van der Waals surface area contributed by atoms with Crippen molar-refractivity contribution in [1.29, 1.82) is 0 Å². The Hall–Kier alpha value is -9.64. The lowest BCUT2D eigenvalue weighted by Gasteiger charge is -2.26. The molecule has 0 saturated carbocycles. The summed E-state index contributed by atoms with van der Waals surface area (Å²) in [4.78, 5) is 0. The zero-order valence-electron chi connectivity index (χ0n) is 38.3. The molecular weight excluding hydrogens is 881 g/mol. The molecule has 4 nitrogen and oxygen atoms in total. The first kappa shape index (κ1) is 37.3. The molecule has 14 aromatic carbocycles. The van der Waals surface area contributed by atoms with E-state index < -0.39 is 0 Å². The van der Waals surface area contributed by atoms with Gasteiger partial charge >= 0.3 is 0 Å². The van der Waals surface area contributed by atoms with Crippen molar-refractivity contribution in [3.05, 3.63) is 206 Å². The Bertz CT molecular complexity index is 4920. The number of hydrogen-bond donors (Lipinski definition) is 0. The predicted molar refractivity (Wildman–Crippen MR) is 298 cm³/mol. The first-order chi connectivity index (χ1) is 35.7. The van der Waals surface area contributed by atoms with E-state index in [4.69, 9.17) is 17.7 Å². The van der Waals surface area contributed by atoms with E-state index >= 15 is 0 Å². The van der Waals surface area contributed by atoms with Gasteiger partial charge in [-0.15, -0.1) is 0 Å². The molecule has 72 heavy (non-hydrogen) atoms. The first-order valence-electron chi connectivity index (χ1n) is 24.6. The maximum atomic E-state index is 7.44. The van der Waals surface area contributed by atoms with Gasteiger partial charge in [-0.2, -0.15) is 0 Å². The normalized spacial score (nSPS) is 12.7. The molecule has 4 aliphatic heterocycles. The SMILES string of the molecule is c1ccc(-c2cc3oc4c5ccccc5c(-c5c6ccccc6c6oc7cc(-c8ccccc8)c8cc9ccccc9c9oc%10ccc5c6c%10-c7c89)c5ccc6oc7c8ccccc8cc2c7c3-c6c54)cc1. The monoisotopic (exact) mass is 914 g/mol. The van der Waals surface area contributed by atoms with Gasteiger partial charge in [0.2, 0.25) is 0 Å². The lowest BCUT2D eigenvalue weighted by molar-refractivity contribution is 0.650. The third-order valence-corrected chi connectivity index (χ3v) is 16.1. The quantitative estimate of drug-likeness (QED) is 0.131. The van der Waals surface area contributed by atoms with Gasteiger partial charge in [0.25, 0.3) is 0 Å². The van der Waals surface area contributed by atoms with Crippen LogP contribution in [0.15, 0.2) is 224 Å². The van der Waals surface area contributed by atoms with Gasteiger partial charge in [-0.1, -0.05) is 158 Å². The Morgan fingerprint density at radius 3 is 0.986 bits per heavy atom. The largest absolute Gasteiger partial charge is 0.455 e. The summed E-state index contributed by atoms with van der Waals surface area (Å²) < 4.78 is 29.4. The molecule has 0 unspecified atom stereocenters. The van der Waals surface area contributed by atoms with Crippen LogP contribution in [0.3, 0.4) is 0 Å². The van der Waals surface area contributed by atoms with E-state index in [9.17, 15) is 0 Å². The lowest BCUT2D eigenvalue weighted by Crippen LogP contribution is -2.00. The van der Waals surface area contributed by atoms with Crippen molar-refractivity contribution in [2.75, 3.05) is 0 Å². The van der Waals surface area contributed by atoms with Crippen molar-refractivity contribution in [3.63, 3.8) is 0 Å². The molecule has 0 spiro atoms. The molecule has 0 saturated heterocycles. The molecule has 4 heteroatoms. The van der Waals surface area contributed by atoms with Crippen LogP contribution in [-0.2, 0) is 0 Å². The molecule has 0 amide bonds. The van der Waals surface area contributed by atoms with Crippen molar-refractivity contribution in [3.8, 4) is 55.6 Å². The Kier molecular flexibility index (Phi) is 6.81. The van der Waals surface area contributed by atoms with Crippen LogP contribution < -0.4 is 0 Å². The van der Waals surface area contributed by atoms with Gasteiger partial charge in [-0.05, 0) is 125 Å². The summed E-state index contributed by atoms with van der Waals surface area (Å²) in [6.07, 6.45) is 0. The molecule has 0 N–H and O–H groups in total. The molecule has 0 bridgehead atoms. The van der Waals surface area contributed by atoms with Crippen LogP contribution in [0, 0.1) is 0 Å². The fourth-order valence-corrected chi connectivity index (χ4v) is 13.2. The van der Waals surface area contributed by atoms with Gasteiger partial charge in [0.05, 0.1) is 0 Å².